The van der Waals surface area contributed by atoms with Crippen LogP contribution in [0.15, 0.2) is 0 Å². The Balaban J connectivity index is 2.40. The highest BCUT2D eigenvalue weighted by atomic mass is 35.5. The van der Waals surface area contributed by atoms with E-state index < -0.39 is 0 Å². The Morgan fingerprint density at radius 2 is 2.08 bits per heavy atom. The summed E-state index contributed by atoms with van der Waals surface area (Å²) in [5, 5.41) is 0. The Hall–Kier alpha value is -0.240. The third kappa shape index (κ3) is 2.87. The summed E-state index contributed by atoms with van der Waals surface area (Å²) in [5.41, 5.74) is 0. The number of alkyl halides is 1. The molecule has 1 atom stereocenters. The molecule has 1 saturated heterocycles. The molecule has 2 nitrogen and oxygen atoms in total. The van der Waals surface area contributed by atoms with E-state index >= 15 is 0 Å². The first-order valence-corrected chi connectivity index (χ1v) is 5.53. The molecule has 1 heterocycles. The number of hydrogen-bond donors (Lipinski definition) is 0. The molecular formula is C10H18ClNO. The van der Waals surface area contributed by atoms with Gasteiger partial charge in [-0.3, -0.25) is 4.79 Å². The predicted molar refractivity (Wildman–Crippen MR) is 54.9 cm³/mol. The average Bonchev–Trinajstić information content (AvgIpc) is 2.17. The van der Waals surface area contributed by atoms with Crippen LogP contribution >= 0.6 is 11.6 Å². The molecule has 1 rings (SSSR count). The zero-order valence-corrected chi connectivity index (χ0v) is 9.18. The molecule has 0 bridgehead atoms. The summed E-state index contributed by atoms with van der Waals surface area (Å²) in [6, 6.07) is 0. The van der Waals surface area contributed by atoms with Crippen LogP contribution in [0.25, 0.3) is 0 Å². The molecule has 1 amide bonds. The number of hydrogen-bond acceptors (Lipinski definition) is 1. The van der Waals surface area contributed by atoms with Crippen molar-refractivity contribution in [1.82, 2.24) is 4.90 Å². The van der Waals surface area contributed by atoms with Gasteiger partial charge in [0.25, 0.3) is 0 Å². The minimum absolute atomic E-state index is 0.0185. The van der Waals surface area contributed by atoms with E-state index in [0.29, 0.717) is 5.88 Å². The fourth-order valence-corrected chi connectivity index (χ4v) is 1.74. The first kappa shape index (κ1) is 10.8. The standard InChI is InChI=1S/C10H18ClNO/c1-8-3-5-12(6-4-8)10(13)9(2)7-11/h8-9H,3-7H2,1-2H3. The third-order valence-corrected chi connectivity index (χ3v) is 3.21. The number of nitrogens with zero attached hydrogens (tertiary/aromatic N) is 1. The van der Waals surface area contributed by atoms with Crippen molar-refractivity contribution in [3.63, 3.8) is 0 Å². The lowest BCUT2D eigenvalue weighted by molar-refractivity contribution is -0.135. The van der Waals surface area contributed by atoms with Crippen molar-refractivity contribution in [3.05, 3.63) is 0 Å². The number of halogens is 1. The van der Waals surface area contributed by atoms with E-state index in [-0.39, 0.29) is 11.8 Å². The Morgan fingerprint density at radius 1 is 1.54 bits per heavy atom. The summed E-state index contributed by atoms with van der Waals surface area (Å²) in [7, 11) is 0. The van der Waals surface area contributed by atoms with Gasteiger partial charge in [-0.05, 0) is 18.8 Å². The Morgan fingerprint density at radius 3 is 2.54 bits per heavy atom. The minimum Gasteiger partial charge on any atom is -0.342 e. The maximum absolute atomic E-state index is 11.7. The van der Waals surface area contributed by atoms with Crippen LogP contribution in [0.3, 0.4) is 0 Å². The topological polar surface area (TPSA) is 20.3 Å². The van der Waals surface area contributed by atoms with Gasteiger partial charge in [0.05, 0.1) is 0 Å². The van der Waals surface area contributed by atoms with Crippen LogP contribution < -0.4 is 0 Å². The smallest absolute Gasteiger partial charge is 0.226 e. The zero-order valence-electron chi connectivity index (χ0n) is 8.42. The highest BCUT2D eigenvalue weighted by Crippen LogP contribution is 2.18. The van der Waals surface area contributed by atoms with Gasteiger partial charge in [-0.15, -0.1) is 11.6 Å². The summed E-state index contributed by atoms with van der Waals surface area (Å²) in [6.07, 6.45) is 2.28. The molecule has 1 fully saturated rings. The summed E-state index contributed by atoms with van der Waals surface area (Å²) >= 11 is 5.65. The molecule has 3 heteroatoms. The van der Waals surface area contributed by atoms with Gasteiger partial charge < -0.3 is 4.90 Å². The Bertz CT molecular complexity index is 176. The molecule has 13 heavy (non-hydrogen) atoms. The number of piperidine rings is 1. The maximum atomic E-state index is 11.7. The molecule has 0 aliphatic carbocycles. The normalized spacial score (nSPS) is 21.6. The molecule has 1 aliphatic heterocycles. The van der Waals surface area contributed by atoms with E-state index in [0.717, 1.165) is 31.8 Å². The van der Waals surface area contributed by atoms with Crippen molar-refractivity contribution in [1.29, 1.82) is 0 Å². The molecule has 1 aliphatic rings. The van der Waals surface area contributed by atoms with Crippen molar-refractivity contribution in [2.75, 3.05) is 19.0 Å². The van der Waals surface area contributed by atoms with Crippen molar-refractivity contribution in [2.45, 2.75) is 26.7 Å². The highest BCUT2D eigenvalue weighted by Gasteiger charge is 2.23. The van der Waals surface area contributed by atoms with E-state index in [1.807, 2.05) is 11.8 Å². The summed E-state index contributed by atoms with van der Waals surface area (Å²) in [6.45, 7) is 5.97. The van der Waals surface area contributed by atoms with Crippen molar-refractivity contribution in [3.8, 4) is 0 Å². The largest absolute Gasteiger partial charge is 0.342 e. The summed E-state index contributed by atoms with van der Waals surface area (Å²) < 4.78 is 0. The van der Waals surface area contributed by atoms with Gasteiger partial charge in [-0.2, -0.15) is 0 Å². The molecule has 0 saturated carbocycles. The van der Waals surface area contributed by atoms with E-state index in [2.05, 4.69) is 6.92 Å². The van der Waals surface area contributed by atoms with Crippen molar-refractivity contribution >= 4 is 17.5 Å². The fourth-order valence-electron chi connectivity index (χ4n) is 1.61. The molecule has 0 N–H and O–H groups in total. The number of carbonyl (C=O) groups is 1. The van der Waals surface area contributed by atoms with Crippen molar-refractivity contribution < 1.29 is 4.79 Å². The lowest BCUT2D eigenvalue weighted by Gasteiger charge is -2.31. The van der Waals surface area contributed by atoms with E-state index in [1.54, 1.807) is 0 Å². The lowest BCUT2D eigenvalue weighted by Crippen LogP contribution is -2.41. The molecule has 0 radical (unpaired) electrons. The molecule has 0 aromatic heterocycles. The second kappa shape index (κ2) is 4.85. The van der Waals surface area contributed by atoms with Crippen LogP contribution in [0.5, 0.6) is 0 Å². The minimum atomic E-state index is -0.0185. The Labute approximate surface area is 85.2 Å². The number of carbonyl (C=O) groups excluding carboxylic acids is 1. The van der Waals surface area contributed by atoms with E-state index in [4.69, 9.17) is 11.6 Å². The third-order valence-electron chi connectivity index (χ3n) is 2.75. The van der Waals surface area contributed by atoms with Gasteiger partial charge in [-0.25, -0.2) is 0 Å². The van der Waals surface area contributed by atoms with Crippen LogP contribution in [0, 0.1) is 11.8 Å². The highest BCUT2D eigenvalue weighted by molar-refractivity contribution is 6.19. The van der Waals surface area contributed by atoms with Gasteiger partial charge in [0.15, 0.2) is 0 Å². The van der Waals surface area contributed by atoms with Crippen molar-refractivity contribution in [2.24, 2.45) is 11.8 Å². The lowest BCUT2D eigenvalue weighted by atomic mass is 9.98. The molecule has 76 valence electrons. The van der Waals surface area contributed by atoms with Gasteiger partial charge in [0.2, 0.25) is 5.91 Å². The average molecular weight is 204 g/mol. The molecule has 0 aromatic carbocycles. The first-order valence-electron chi connectivity index (χ1n) is 5.00. The summed E-state index contributed by atoms with van der Waals surface area (Å²) in [5.74, 6) is 1.41. The van der Waals surface area contributed by atoms with Crippen LogP contribution in [0.1, 0.15) is 26.7 Å². The monoisotopic (exact) mass is 203 g/mol. The zero-order chi connectivity index (χ0) is 9.84. The maximum Gasteiger partial charge on any atom is 0.226 e. The van der Waals surface area contributed by atoms with Crippen LogP contribution in [-0.2, 0) is 4.79 Å². The second-order valence-corrected chi connectivity index (χ2v) is 4.37. The van der Waals surface area contributed by atoms with E-state index in [1.165, 1.54) is 0 Å². The summed E-state index contributed by atoms with van der Waals surface area (Å²) in [4.78, 5) is 13.6. The molecule has 1 unspecified atom stereocenters. The van der Waals surface area contributed by atoms with Crippen LogP contribution in [-0.4, -0.2) is 29.8 Å². The van der Waals surface area contributed by atoms with E-state index in [9.17, 15) is 4.79 Å². The number of amides is 1. The Kier molecular flexibility index (Phi) is 4.04. The number of likely N-dealkylation sites (tertiary alicyclic amines) is 1. The predicted octanol–water partition coefficient (Wildman–Crippen LogP) is 2.12. The van der Waals surface area contributed by atoms with Gasteiger partial charge in [-0.1, -0.05) is 13.8 Å². The van der Waals surface area contributed by atoms with Crippen LogP contribution in [0.2, 0.25) is 0 Å². The molecule has 0 aromatic rings. The molecular weight excluding hydrogens is 186 g/mol. The second-order valence-electron chi connectivity index (χ2n) is 4.06. The van der Waals surface area contributed by atoms with Gasteiger partial charge in [0.1, 0.15) is 0 Å². The first-order chi connectivity index (χ1) is 6.15. The SMILES string of the molecule is CC1CCN(C(=O)C(C)CCl)CC1. The van der Waals surface area contributed by atoms with Gasteiger partial charge in [0, 0.05) is 24.9 Å². The quantitative estimate of drug-likeness (QED) is 0.630. The fraction of sp³-hybridized carbons (Fsp3) is 0.900. The van der Waals surface area contributed by atoms with Crippen LogP contribution in [0.4, 0.5) is 0 Å². The van der Waals surface area contributed by atoms with Gasteiger partial charge >= 0.3 is 0 Å². The molecule has 0 spiro atoms. The number of rotatable bonds is 2.